The van der Waals surface area contributed by atoms with Crippen LogP contribution in [-0.2, 0) is 9.53 Å². The normalized spacial score (nSPS) is 16.1. The molecular weight excluding hydrogens is 460 g/mol. The van der Waals surface area contributed by atoms with E-state index in [-0.39, 0.29) is 5.91 Å². The van der Waals surface area contributed by atoms with Crippen LogP contribution in [0.4, 0.5) is 21.9 Å². The van der Waals surface area contributed by atoms with E-state index in [1.165, 1.54) is 11.8 Å². The van der Waals surface area contributed by atoms with Crippen LogP contribution in [0.5, 0.6) is 0 Å². The van der Waals surface area contributed by atoms with Crippen LogP contribution in [-0.4, -0.2) is 36.7 Å². The molecule has 188 valence electrons. The van der Waals surface area contributed by atoms with Gasteiger partial charge in [0.15, 0.2) is 0 Å². The molecule has 2 heterocycles. The second kappa shape index (κ2) is 15.6. The Morgan fingerprint density at radius 1 is 1.09 bits per heavy atom. The number of aromatic nitrogens is 1. The van der Waals surface area contributed by atoms with Crippen LogP contribution >= 0.6 is 12.6 Å². The van der Waals surface area contributed by atoms with E-state index in [4.69, 9.17) is 4.74 Å². The van der Waals surface area contributed by atoms with Gasteiger partial charge < -0.3 is 15.0 Å². The van der Waals surface area contributed by atoms with Crippen molar-refractivity contribution in [2.24, 2.45) is 5.92 Å². The number of thiol groups is 1. The summed E-state index contributed by atoms with van der Waals surface area (Å²) in [5.41, 5.74) is 2.16. The van der Waals surface area contributed by atoms with Crippen molar-refractivity contribution in [3.8, 4) is 0 Å². The van der Waals surface area contributed by atoms with E-state index in [9.17, 15) is 9.59 Å². The standard InChI is InChI=1S/C25H30N4O3S.C2H6/c1-19(33)6-4-10-24(30)27-22-8-2-3-9-23(22)28-25(31)32-18-20-7-5-16-29(17-13-20)21-11-14-26-15-12-21;1-2/h2-4,6,8-12,14-15,20,33H,5,7,13,16-18H2,1H3,(H,27,30)(H,28,31);1-2H3/b10-4+,19-6-;. The molecule has 1 aromatic carbocycles. The summed E-state index contributed by atoms with van der Waals surface area (Å²) in [5.74, 6) is 0.00618. The molecule has 3 rings (SSSR count). The number of nitrogens with zero attached hydrogens (tertiary/aromatic N) is 2. The van der Waals surface area contributed by atoms with E-state index in [1.54, 1.807) is 36.4 Å². The molecule has 2 N–H and O–H groups in total. The largest absolute Gasteiger partial charge is 0.449 e. The lowest BCUT2D eigenvalue weighted by Crippen LogP contribution is -2.25. The van der Waals surface area contributed by atoms with Gasteiger partial charge in [0.2, 0.25) is 5.91 Å². The van der Waals surface area contributed by atoms with Gasteiger partial charge in [0.1, 0.15) is 0 Å². The third-order valence-electron chi connectivity index (χ3n) is 5.33. The topological polar surface area (TPSA) is 83.6 Å². The molecule has 2 amide bonds. The van der Waals surface area contributed by atoms with E-state index >= 15 is 0 Å². The molecule has 0 aliphatic carbocycles. The van der Waals surface area contributed by atoms with Crippen molar-refractivity contribution in [1.29, 1.82) is 0 Å². The zero-order valence-electron chi connectivity index (χ0n) is 20.7. The van der Waals surface area contributed by atoms with Crippen LogP contribution in [0.1, 0.15) is 40.0 Å². The molecule has 0 saturated carbocycles. The number of para-hydroxylation sites is 2. The van der Waals surface area contributed by atoms with Gasteiger partial charge >= 0.3 is 6.09 Å². The summed E-state index contributed by atoms with van der Waals surface area (Å²) >= 11 is 4.15. The lowest BCUT2D eigenvalue weighted by Gasteiger charge is -2.22. The minimum atomic E-state index is -0.531. The number of carbonyl (C=O) groups excluding carboxylic acids is 2. The number of nitrogens with one attached hydrogen (secondary N) is 2. The minimum Gasteiger partial charge on any atom is -0.449 e. The third kappa shape index (κ3) is 10.3. The van der Waals surface area contributed by atoms with Crippen LogP contribution in [0.25, 0.3) is 0 Å². The number of carbonyl (C=O) groups is 2. The van der Waals surface area contributed by atoms with Crippen molar-refractivity contribution >= 4 is 41.7 Å². The number of hydrogen-bond acceptors (Lipinski definition) is 6. The van der Waals surface area contributed by atoms with Crippen molar-refractivity contribution in [3.05, 3.63) is 71.9 Å². The zero-order valence-corrected chi connectivity index (χ0v) is 21.6. The summed E-state index contributed by atoms with van der Waals surface area (Å²) in [4.78, 5) is 31.8. The van der Waals surface area contributed by atoms with E-state index in [0.29, 0.717) is 23.9 Å². The molecule has 8 heteroatoms. The van der Waals surface area contributed by atoms with Crippen LogP contribution < -0.4 is 15.5 Å². The predicted molar refractivity (Wildman–Crippen MR) is 147 cm³/mol. The van der Waals surface area contributed by atoms with Crippen molar-refractivity contribution in [2.75, 3.05) is 35.2 Å². The lowest BCUT2D eigenvalue weighted by atomic mass is 10.0. The third-order valence-corrected chi connectivity index (χ3v) is 5.48. The van der Waals surface area contributed by atoms with Gasteiger partial charge in [-0.15, -0.1) is 12.6 Å². The van der Waals surface area contributed by atoms with Crippen LogP contribution in [0, 0.1) is 5.92 Å². The molecule has 0 radical (unpaired) electrons. The summed E-state index contributed by atoms with van der Waals surface area (Å²) < 4.78 is 5.51. The fraction of sp³-hybridized carbons (Fsp3) is 0.370. The van der Waals surface area contributed by atoms with Gasteiger partial charge in [-0.1, -0.05) is 38.1 Å². The zero-order chi connectivity index (χ0) is 25.5. The molecule has 1 unspecified atom stereocenters. The molecule has 1 atom stereocenters. The number of benzene rings is 1. The van der Waals surface area contributed by atoms with E-state index in [0.717, 1.165) is 37.3 Å². The van der Waals surface area contributed by atoms with E-state index in [2.05, 4.69) is 33.1 Å². The first-order chi connectivity index (χ1) is 17.0. The second-order valence-electron chi connectivity index (χ2n) is 7.91. The maximum atomic E-state index is 12.4. The quantitative estimate of drug-likeness (QED) is 0.238. The Kier molecular flexibility index (Phi) is 12.5. The first-order valence-corrected chi connectivity index (χ1v) is 12.5. The minimum absolute atomic E-state index is 0.305. The second-order valence-corrected chi connectivity index (χ2v) is 8.62. The molecular formula is C27H36N4O3S. The molecule has 0 spiro atoms. The summed E-state index contributed by atoms with van der Waals surface area (Å²) in [6.45, 7) is 8.09. The maximum Gasteiger partial charge on any atom is 0.411 e. The van der Waals surface area contributed by atoms with Crippen molar-refractivity contribution < 1.29 is 14.3 Å². The molecule has 1 aliphatic rings. The summed E-state index contributed by atoms with van der Waals surface area (Å²) in [6.07, 6.45) is 10.8. The average Bonchev–Trinajstić information content (AvgIpc) is 3.11. The number of rotatable bonds is 7. The number of hydrogen-bond donors (Lipinski definition) is 3. The molecule has 0 bridgehead atoms. The first-order valence-electron chi connectivity index (χ1n) is 12.0. The predicted octanol–water partition coefficient (Wildman–Crippen LogP) is 6.29. The molecule has 2 aromatic rings. The van der Waals surface area contributed by atoms with Crippen molar-refractivity contribution in [3.63, 3.8) is 0 Å². The monoisotopic (exact) mass is 496 g/mol. The van der Waals surface area contributed by atoms with E-state index < -0.39 is 6.09 Å². The Morgan fingerprint density at radius 2 is 1.77 bits per heavy atom. The average molecular weight is 497 g/mol. The van der Waals surface area contributed by atoms with Crippen LogP contribution in [0.3, 0.4) is 0 Å². The number of allylic oxidation sites excluding steroid dienone is 3. The van der Waals surface area contributed by atoms with Gasteiger partial charge in [0.25, 0.3) is 0 Å². The van der Waals surface area contributed by atoms with Gasteiger partial charge in [-0.25, -0.2) is 4.79 Å². The SMILES string of the molecule is C/C(S)=C/C=C/C(=O)Nc1ccccc1NC(=O)OCC1CCCN(c2ccncc2)CC1.CC. The van der Waals surface area contributed by atoms with Crippen molar-refractivity contribution in [2.45, 2.75) is 40.0 Å². The Labute approximate surface area is 214 Å². The smallest absolute Gasteiger partial charge is 0.411 e. The molecule has 1 aromatic heterocycles. The van der Waals surface area contributed by atoms with Crippen molar-refractivity contribution in [1.82, 2.24) is 4.98 Å². The summed E-state index contributed by atoms with van der Waals surface area (Å²) in [7, 11) is 0. The van der Waals surface area contributed by atoms with Gasteiger partial charge in [-0.05, 0) is 61.3 Å². The highest BCUT2D eigenvalue weighted by molar-refractivity contribution is 7.84. The lowest BCUT2D eigenvalue weighted by molar-refractivity contribution is -0.111. The van der Waals surface area contributed by atoms with Gasteiger partial charge in [0, 0.05) is 37.2 Å². The summed E-state index contributed by atoms with van der Waals surface area (Å²) in [5, 5.41) is 5.50. The molecule has 1 aliphatic heterocycles. The summed E-state index contributed by atoms with van der Waals surface area (Å²) in [6, 6.07) is 11.1. The Balaban J connectivity index is 0.00000210. The van der Waals surface area contributed by atoms with Gasteiger partial charge in [-0.2, -0.15) is 0 Å². The number of pyridine rings is 1. The number of anilines is 3. The van der Waals surface area contributed by atoms with Gasteiger partial charge in [0.05, 0.1) is 18.0 Å². The fourth-order valence-corrected chi connectivity index (χ4v) is 3.72. The van der Waals surface area contributed by atoms with Crippen LogP contribution in [0.2, 0.25) is 0 Å². The number of amides is 2. The van der Waals surface area contributed by atoms with Gasteiger partial charge in [-0.3, -0.25) is 15.1 Å². The fourth-order valence-electron chi connectivity index (χ4n) is 3.63. The first kappa shape index (κ1) is 28.0. The number of ether oxygens (including phenoxy) is 1. The highest BCUT2D eigenvalue weighted by Crippen LogP contribution is 2.24. The van der Waals surface area contributed by atoms with E-state index in [1.807, 2.05) is 45.3 Å². The Hall–Kier alpha value is -3.26. The van der Waals surface area contributed by atoms with Crippen LogP contribution in [0.15, 0.2) is 71.9 Å². The molecule has 35 heavy (non-hydrogen) atoms. The Morgan fingerprint density at radius 3 is 2.46 bits per heavy atom. The highest BCUT2D eigenvalue weighted by Gasteiger charge is 2.19. The molecule has 1 saturated heterocycles. The highest BCUT2D eigenvalue weighted by atomic mass is 32.1. The molecule has 1 fully saturated rings. The molecule has 7 nitrogen and oxygen atoms in total. The maximum absolute atomic E-state index is 12.4. The Bertz CT molecular complexity index is 991.